The first-order valence-electron chi connectivity index (χ1n) is 4.46. The average molecular weight is 215 g/mol. The van der Waals surface area contributed by atoms with Gasteiger partial charge in [0.05, 0.1) is 0 Å². The van der Waals surface area contributed by atoms with Crippen molar-refractivity contribution in [2.75, 3.05) is 0 Å². The third-order valence-electron chi connectivity index (χ3n) is 2.26. The minimum absolute atomic E-state index is 0.167. The molecule has 0 aliphatic carbocycles. The first-order valence-corrected chi connectivity index (χ1v) is 4.83. The third kappa shape index (κ3) is 2.13. The van der Waals surface area contributed by atoms with Gasteiger partial charge in [-0.15, -0.1) is 0 Å². The van der Waals surface area contributed by atoms with Gasteiger partial charge >= 0.3 is 0 Å². The van der Waals surface area contributed by atoms with Gasteiger partial charge in [0.25, 0.3) is 0 Å². The summed E-state index contributed by atoms with van der Waals surface area (Å²) in [6, 6.07) is 3.02. The monoisotopic (exact) mass is 214 g/mol. The first kappa shape index (κ1) is 11.2. The second kappa shape index (κ2) is 4.56. The van der Waals surface area contributed by atoms with E-state index in [1.165, 1.54) is 6.07 Å². The Hall–Kier alpha value is -0.890. The number of carbonyl (C=O) groups is 1. The van der Waals surface area contributed by atoms with Crippen LogP contribution < -0.4 is 0 Å². The first-order chi connectivity index (χ1) is 6.57. The molecule has 0 spiro atoms. The average Bonchev–Trinajstić information content (AvgIpc) is 2.13. The highest BCUT2D eigenvalue weighted by molar-refractivity contribution is 6.32. The Bertz CT molecular complexity index is 349. The van der Waals surface area contributed by atoms with Crippen LogP contribution in [0.15, 0.2) is 12.1 Å². The maximum Gasteiger partial charge on any atom is 0.128 e. The Morgan fingerprint density at radius 1 is 1.57 bits per heavy atom. The molecular weight excluding hydrogens is 203 g/mol. The summed E-state index contributed by atoms with van der Waals surface area (Å²) in [6.07, 6.45) is 1.07. The predicted octanol–water partition coefficient (Wildman–Crippen LogP) is 3.48. The lowest BCUT2D eigenvalue weighted by Crippen LogP contribution is -2.00. The highest BCUT2D eigenvalue weighted by Gasteiger charge is 2.15. The van der Waals surface area contributed by atoms with Gasteiger partial charge in [0.15, 0.2) is 0 Å². The van der Waals surface area contributed by atoms with Crippen LogP contribution in [0, 0.1) is 12.7 Å². The van der Waals surface area contributed by atoms with E-state index in [1.807, 2.05) is 6.92 Å². The molecule has 1 aromatic carbocycles. The Morgan fingerprint density at radius 3 is 2.79 bits per heavy atom. The zero-order valence-electron chi connectivity index (χ0n) is 8.18. The summed E-state index contributed by atoms with van der Waals surface area (Å²) < 4.78 is 13.4. The van der Waals surface area contributed by atoms with Crippen LogP contribution in [0.25, 0.3) is 0 Å². The molecule has 0 saturated carbocycles. The molecule has 0 saturated heterocycles. The lowest BCUT2D eigenvalue weighted by molar-refractivity contribution is -0.108. The molecule has 0 aliphatic rings. The maximum atomic E-state index is 13.4. The van der Waals surface area contributed by atoms with Crippen molar-refractivity contribution in [3.8, 4) is 0 Å². The molecule has 0 radical (unpaired) electrons. The van der Waals surface area contributed by atoms with Crippen molar-refractivity contribution in [3.63, 3.8) is 0 Å². The van der Waals surface area contributed by atoms with Gasteiger partial charge in [-0.25, -0.2) is 4.39 Å². The number of hydrogen-bond donors (Lipinski definition) is 0. The lowest BCUT2D eigenvalue weighted by Gasteiger charge is -2.13. The quantitative estimate of drug-likeness (QED) is 0.704. The van der Waals surface area contributed by atoms with E-state index in [1.54, 1.807) is 13.0 Å². The van der Waals surface area contributed by atoms with Gasteiger partial charge in [0.2, 0.25) is 0 Å². The fourth-order valence-electron chi connectivity index (χ4n) is 1.39. The van der Waals surface area contributed by atoms with E-state index in [-0.39, 0.29) is 11.7 Å². The molecule has 1 aromatic rings. The van der Waals surface area contributed by atoms with Crippen molar-refractivity contribution < 1.29 is 9.18 Å². The fraction of sp³-hybridized carbons (Fsp3) is 0.364. The number of carbonyl (C=O) groups excluding carboxylic acids is 1. The number of benzene rings is 1. The molecule has 0 aliphatic heterocycles. The number of aldehydes is 1. The standard InChI is InChI=1S/C11H12ClFO/c1-7(5-6-14)10-9(13)4-3-8(2)11(10)12/h3-4,6-7H,5H2,1-2H3. The second-order valence-electron chi connectivity index (χ2n) is 3.40. The Labute approximate surface area is 87.9 Å². The smallest absolute Gasteiger partial charge is 0.128 e. The number of hydrogen-bond acceptors (Lipinski definition) is 1. The Morgan fingerprint density at radius 2 is 2.21 bits per heavy atom. The van der Waals surface area contributed by atoms with Gasteiger partial charge in [0.1, 0.15) is 12.1 Å². The van der Waals surface area contributed by atoms with Gasteiger partial charge in [0, 0.05) is 17.0 Å². The summed E-state index contributed by atoms with van der Waals surface area (Å²) in [5, 5.41) is 0.430. The van der Waals surface area contributed by atoms with Crippen LogP contribution >= 0.6 is 11.6 Å². The zero-order valence-corrected chi connectivity index (χ0v) is 8.94. The molecule has 0 bridgehead atoms. The fourth-order valence-corrected chi connectivity index (χ4v) is 1.73. The van der Waals surface area contributed by atoms with E-state index in [9.17, 15) is 9.18 Å². The zero-order chi connectivity index (χ0) is 10.7. The lowest BCUT2D eigenvalue weighted by atomic mass is 9.96. The molecule has 76 valence electrons. The summed E-state index contributed by atoms with van der Waals surface area (Å²) in [5.74, 6) is -0.505. The van der Waals surface area contributed by atoms with E-state index < -0.39 is 0 Å². The van der Waals surface area contributed by atoms with Gasteiger partial charge in [-0.3, -0.25) is 0 Å². The SMILES string of the molecule is Cc1ccc(F)c(C(C)CC=O)c1Cl. The van der Waals surface area contributed by atoms with Crippen molar-refractivity contribution >= 4 is 17.9 Å². The summed E-state index contributed by atoms with van der Waals surface area (Å²) >= 11 is 5.97. The number of rotatable bonds is 3. The molecule has 14 heavy (non-hydrogen) atoms. The number of aryl methyl sites for hydroxylation is 1. The van der Waals surface area contributed by atoms with Crippen molar-refractivity contribution in [2.24, 2.45) is 0 Å². The molecule has 1 atom stereocenters. The maximum absolute atomic E-state index is 13.4. The second-order valence-corrected chi connectivity index (χ2v) is 3.77. The molecule has 0 heterocycles. The molecule has 0 amide bonds. The molecule has 1 unspecified atom stereocenters. The molecule has 0 aromatic heterocycles. The molecule has 1 nitrogen and oxygen atoms in total. The van der Waals surface area contributed by atoms with Crippen LogP contribution in [-0.2, 0) is 4.79 Å². The minimum Gasteiger partial charge on any atom is -0.303 e. The van der Waals surface area contributed by atoms with E-state index in [4.69, 9.17) is 11.6 Å². The van der Waals surface area contributed by atoms with E-state index in [0.717, 1.165) is 11.8 Å². The van der Waals surface area contributed by atoms with Crippen molar-refractivity contribution in [1.29, 1.82) is 0 Å². The summed E-state index contributed by atoms with van der Waals surface area (Å²) in [5.41, 5.74) is 1.28. The van der Waals surface area contributed by atoms with Gasteiger partial charge in [-0.05, 0) is 24.5 Å². The summed E-state index contributed by atoms with van der Waals surface area (Å²) in [6.45, 7) is 3.61. The number of halogens is 2. The molecule has 0 fully saturated rings. The third-order valence-corrected chi connectivity index (χ3v) is 2.76. The summed E-state index contributed by atoms with van der Waals surface area (Å²) in [4.78, 5) is 10.3. The highest BCUT2D eigenvalue weighted by Crippen LogP contribution is 2.31. The normalized spacial score (nSPS) is 12.6. The Balaban J connectivity index is 3.17. The van der Waals surface area contributed by atoms with Crippen LogP contribution in [0.5, 0.6) is 0 Å². The Kier molecular flexibility index (Phi) is 3.64. The van der Waals surface area contributed by atoms with Crippen LogP contribution in [0.3, 0.4) is 0 Å². The topological polar surface area (TPSA) is 17.1 Å². The van der Waals surface area contributed by atoms with Crippen LogP contribution in [0.1, 0.15) is 30.4 Å². The van der Waals surface area contributed by atoms with Crippen LogP contribution in [0.4, 0.5) is 4.39 Å². The molecule has 1 rings (SSSR count). The van der Waals surface area contributed by atoms with Gasteiger partial charge in [-0.1, -0.05) is 24.6 Å². The summed E-state index contributed by atoms with van der Waals surface area (Å²) in [7, 11) is 0. The van der Waals surface area contributed by atoms with E-state index >= 15 is 0 Å². The van der Waals surface area contributed by atoms with E-state index in [0.29, 0.717) is 17.0 Å². The van der Waals surface area contributed by atoms with Crippen LogP contribution in [-0.4, -0.2) is 6.29 Å². The largest absolute Gasteiger partial charge is 0.303 e. The van der Waals surface area contributed by atoms with Gasteiger partial charge in [-0.2, -0.15) is 0 Å². The minimum atomic E-state index is -0.338. The van der Waals surface area contributed by atoms with E-state index in [2.05, 4.69) is 0 Å². The van der Waals surface area contributed by atoms with Crippen LogP contribution in [0.2, 0.25) is 5.02 Å². The predicted molar refractivity (Wildman–Crippen MR) is 55.2 cm³/mol. The van der Waals surface area contributed by atoms with Crippen molar-refractivity contribution in [2.45, 2.75) is 26.2 Å². The molecule has 0 N–H and O–H groups in total. The van der Waals surface area contributed by atoms with Gasteiger partial charge < -0.3 is 4.79 Å². The van der Waals surface area contributed by atoms with Crippen molar-refractivity contribution in [1.82, 2.24) is 0 Å². The van der Waals surface area contributed by atoms with Crippen molar-refractivity contribution in [3.05, 3.63) is 34.1 Å². The highest BCUT2D eigenvalue weighted by atomic mass is 35.5. The molecule has 3 heteroatoms. The molecular formula is C11H12ClFO.